The maximum absolute atomic E-state index is 13.7. The van der Waals surface area contributed by atoms with Crippen molar-refractivity contribution in [3.05, 3.63) is 64.6 Å². The summed E-state index contributed by atoms with van der Waals surface area (Å²) in [6, 6.07) is 12.0. The van der Waals surface area contributed by atoms with Crippen LogP contribution < -0.4 is 14.3 Å². The summed E-state index contributed by atoms with van der Waals surface area (Å²) in [5.74, 6) is 0.0962. The molecule has 3 heterocycles. The molecule has 3 aromatic heterocycles. The average Bonchev–Trinajstić information content (AvgIpc) is 3.25. The zero-order valence-electron chi connectivity index (χ0n) is 19.9. The number of nitriles is 1. The van der Waals surface area contributed by atoms with Crippen molar-refractivity contribution in [2.45, 2.75) is 19.8 Å². The predicted octanol–water partition coefficient (Wildman–Crippen LogP) is 4.88. The van der Waals surface area contributed by atoms with E-state index in [1.54, 1.807) is 37.4 Å². The molecule has 0 saturated carbocycles. The normalized spacial score (nSPS) is 11.7. The van der Waals surface area contributed by atoms with Crippen LogP contribution in [0.4, 0.5) is 3.89 Å². The van der Waals surface area contributed by atoms with E-state index in [1.165, 1.54) is 12.3 Å². The Morgan fingerprint density at radius 3 is 2.70 bits per heavy atom. The van der Waals surface area contributed by atoms with Gasteiger partial charge in [0, 0.05) is 35.3 Å². The van der Waals surface area contributed by atoms with E-state index >= 15 is 0 Å². The highest BCUT2D eigenvalue weighted by atomic mass is 32.3. The van der Waals surface area contributed by atoms with E-state index in [-0.39, 0.29) is 11.2 Å². The smallest absolute Gasteiger partial charge is 0.488 e. The van der Waals surface area contributed by atoms with E-state index in [4.69, 9.17) is 4.74 Å². The Bertz CT molecular complexity index is 1900. The van der Waals surface area contributed by atoms with Gasteiger partial charge in [0.1, 0.15) is 11.4 Å². The second-order valence-corrected chi connectivity index (χ2v) is 9.52. The fourth-order valence-corrected chi connectivity index (χ4v) is 4.74. The number of aryl methyl sites for hydroxylation is 1. The van der Waals surface area contributed by atoms with Gasteiger partial charge in [-0.1, -0.05) is 23.3 Å². The van der Waals surface area contributed by atoms with Crippen molar-refractivity contribution in [3.63, 3.8) is 0 Å². The second-order valence-electron chi connectivity index (χ2n) is 8.56. The Balaban J connectivity index is 1.79. The molecule has 2 aromatic carbocycles. The predicted molar refractivity (Wildman–Crippen MR) is 138 cm³/mol. The number of H-pyrrole nitrogens is 1. The van der Waals surface area contributed by atoms with Crippen LogP contribution in [-0.2, 0) is 17.6 Å². The number of unbranched alkanes of at least 4 members (excludes halogenated alkanes) is 1. The summed E-state index contributed by atoms with van der Waals surface area (Å²) in [6.45, 7) is 2.41. The Morgan fingerprint density at radius 2 is 1.97 bits per heavy atom. The van der Waals surface area contributed by atoms with E-state index in [0.717, 1.165) is 19.0 Å². The number of rotatable bonds is 7. The number of nitrogens with zero attached hydrogens (tertiary/aromatic N) is 3. The summed E-state index contributed by atoms with van der Waals surface area (Å²) in [7, 11) is -3.43. The first-order valence-corrected chi connectivity index (χ1v) is 12.8. The maximum Gasteiger partial charge on any atom is 0.488 e. The Morgan fingerprint density at radius 1 is 1.16 bits per heavy atom. The van der Waals surface area contributed by atoms with Crippen molar-refractivity contribution in [2.75, 3.05) is 6.61 Å². The first-order chi connectivity index (χ1) is 17.7. The molecule has 188 valence electrons. The maximum atomic E-state index is 13.7. The first kappa shape index (κ1) is 24.3. The van der Waals surface area contributed by atoms with Crippen LogP contribution in [0.1, 0.15) is 25.3 Å². The lowest BCUT2D eigenvalue weighted by atomic mass is 10.0. The fourth-order valence-electron chi connectivity index (χ4n) is 4.42. The molecule has 11 heteroatoms. The van der Waals surface area contributed by atoms with Gasteiger partial charge in [-0.15, -0.1) is 0 Å². The highest BCUT2D eigenvalue weighted by molar-refractivity contribution is 7.81. The molecule has 0 atom stereocenters. The molecule has 0 bridgehead atoms. The summed E-state index contributed by atoms with van der Waals surface area (Å²) in [6.07, 6.45) is 4.22. The summed E-state index contributed by atoms with van der Waals surface area (Å²) in [5, 5.41) is 10.9. The van der Waals surface area contributed by atoms with E-state index in [2.05, 4.69) is 20.2 Å². The largest absolute Gasteiger partial charge is 0.493 e. The number of nitrogens with one attached hydrogen (secondary N) is 1. The Labute approximate surface area is 211 Å². The molecule has 0 fully saturated rings. The molecule has 9 nitrogen and oxygen atoms in total. The monoisotopic (exact) mass is 520 g/mol. The van der Waals surface area contributed by atoms with Crippen molar-refractivity contribution in [1.29, 1.82) is 5.26 Å². The van der Waals surface area contributed by atoms with Crippen LogP contribution in [0.3, 0.4) is 0 Å². The number of ether oxygens (including phenoxy) is 1. The SMILES string of the molecule is CCCCOc1cc2c(=O)c3c4ccc(C#N)cc4[nH]c3n(C)c2cc1-c1cncc(OS(=O)(=O)F)c1. The van der Waals surface area contributed by atoms with Crippen molar-refractivity contribution >= 4 is 43.3 Å². The summed E-state index contributed by atoms with van der Waals surface area (Å²) in [5.41, 5.74) is 3.02. The van der Waals surface area contributed by atoms with Crippen LogP contribution in [-0.4, -0.2) is 29.6 Å². The van der Waals surface area contributed by atoms with Gasteiger partial charge in [0.05, 0.1) is 40.7 Å². The van der Waals surface area contributed by atoms with Crippen molar-refractivity contribution in [2.24, 2.45) is 7.05 Å². The third-order valence-corrected chi connectivity index (χ3v) is 6.54. The van der Waals surface area contributed by atoms with Gasteiger partial charge in [0.15, 0.2) is 11.2 Å². The Hall–Kier alpha value is -4.43. The lowest BCUT2D eigenvalue weighted by Crippen LogP contribution is -2.10. The van der Waals surface area contributed by atoms with Crippen molar-refractivity contribution < 1.29 is 21.2 Å². The minimum Gasteiger partial charge on any atom is -0.493 e. The molecule has 1 N–H and O–H groups in total. The molecule has 0 aliphatic heterocycles. The standard InChI is InChI=1S/C26H21FN4O5S/c1-3-4-7-35-23-11-20-22(10-19(23)16-9-17(14-29-13-16)36-37(27,33)34)31(2)26-24(25(20)32)18-6-5-15(12-28)8-21(18)30-26/h5-6,8-11,13-14,30H,3-4,7H2,1-2H3. The number of halogens is 1. The summed E-state index contributed by atoms with van der Waals surface area (Å²) >= 11 is 0. The fraction of sp³-hybridized carbons (Fsp3) is 0.192. The van der Waals surface area contributed by atoms with Gasteiger partial charge in [-0.25, -0.2) is 0 Å². The van der Waals surface area contributed by atoms with Crippen LogP contribution >= 0.6 is 0 Å². The molecule has 5 aromatic rings. The number of pyridine rings is 2. The van der Waals surface area contributed by atoms with Gasteiger partial charge in [0.25, 0.3) is 0 Å². The highest BCUT2D eigenvalue weighted by Gasteiger charge is 2.19. The van der Waals surface area contributed by atoms with Crippen molar-refractivity contribution in [3.8, 4) is 28.7 Å². The van der Waals surface area contributed by atoms with Crippen LogP contribution in [0.5, 0.6) is 11.5 Å². The molecule has 5 rings (SSSR count). The van der Waals surface area contributed by atoms with Gasteiger partial charge in [0.2, 0.25) is 0 Å². The molecule has 0 amide bonds. The van der Waals surface area contributed by atoms with Crippen LogP contribution in [0.2, 0.25) is 0 Å². The van der Waals surface area contributed by atoms with E-state index in [1.807, 2.05) is 11.5 Å². The highest BCUT2D eigenvalue weighted by Crippen LogP contribution is 2.36. The summed E-state index contributed by atoms with van der Waals surface area (Å²) in [4.78, 5) is 20.9. The first-order valence-electron chi connectivity index (χ1n) is 11.4. The van der Waals surface area contributed by atoms with Gasteiger partial charge in [-0.3, -0.25) is 9.78 Å². The van der Waals surface area contributed by atoms with E-state index < -0.39 is 10.5 Å². The minimum absolute atomic E-state index is 0.204. The van der Waals surface area contributed by atoms with E-state index in [0.29, 0.717) is 61.9 Å². The number of fused-ring (bicyclic) bond motifs is 4. The number of benzene rings is 2. The van der Waals surface area contributed by atoms with Gasteiger partial charge >= 0.3 is 10.5 Å². The van der Waals surface area contributed by atoms with E-state index in [9.17, 15) is 22.4 Å². The zero-order valence-corrected chi connectivity index (χ0v) is 20.7. The quantitative estimate of drug-likeness (QED) is 0.239. The minimum atomic E-state index is -5.23. The van der Waals surface area contributed by atoms with Gasteiger partial charge in [-0.05, 0) is 36.8 Å². The lowest BCUT2D eigenvalue weighted by Gasteiger charge is -2.15. The third-order valence-electron chi connectivity index (χ3n) is 6.15. The molecule has 0 spiro atoms. The lowest BCUT2D eigenvalue weighted by molar-refractivity contribution is 0.311. The molecule has 0 unspecified atom stereocenters. The molecule has 0 radical (unpaired) electrons. The number of hydrogen-bond acceptors (Lipinski definition) is 7. The zero-order chi connectivity index (χ0) is 26.3. The molecular formula is C26H21FN4O5S. The summed E-state index contributed by atoms with van der Waals surface area (Å²) < 4.78 is 47.3. The number of hydrogen-bond donors (Lipinski definition) is 1. The van der Waals surface area contributed by atoms with Crippen molar-refractivity contribution in [1.82, 2.24) is 14.5 Å². The van der Waals surface area contributed by atoms with Crippen LogP contribution in [0.15, 0.2) is 53.6 Å². The molecule has 0 saturated heterocycles. The van der Waals surface area contributed by atoms with Gasteiger partial charge < -0.3 is 18.5 Å². The Kier molecular flexibility index (Phi) is 6.05. The van der Waals surface area contributed by atoms with Crippen LogP contribution in [0.25, 0.3) is 44.0 Å². The molecule has 37 heavy (non-hydrogen) atoms. The average molecular weight is 521 g/mol. The molecule has 0 aliphatic rings. The number of aromatic amines is 1. The van der Waals surface area contributed by atoms with Gasteiger partial charge in [-0.2, -0.15) is 13.7 Å². The molecule has 0 aliphatic carbocycles. The molecular weight excluding hydrogens is 499 g/mol. The topological polar surface area (TPSA) is 127 Å². The van der Waals surface area contributed by atoms with Crippen LogP contribution in [0, 0.1) is 11.3 Å². The number of aromatic nitrogens is 3. The second kappa shape index (κ2) is 9.22. The third kappa shape index (κ3) is 4.47.